The molecule has 1 aliphatic rings. The van der Waals surface area contributed by atoms with E-state index >= 15 is 0 Å². The van der Waals surface area contributed by atoms with Crippen molar-refractivity contribution in [1.29, 1.82) is 0 Å². The van der Waals surface area contributed by atoms with Crippen LogP contribution in [-0.2, 0) is 0 Å². The van der Waals surface area contributed by atoms with Crippen molar-refractivity contribution in [3.8, 4) is 0 Å². The van der Waals surface area contributed by atoms with Gasteiger partial charge in [-0.3, -0.25) is 4.90 Å². The molecule has 106 valence electrons. The Morgan fingerprint density at radius 3 is 2.53 bits per heavy atom. The summed E-state index contributed by atoms with van der Waals surface area (Å²) in [7, 11) is 2.17. The molecule has 19 heavy (non-hydrogen) atoms. The van der Waals surface area contributed by atoms with Gasteiger partial charge in [-0.25, -0.2) is 0 Å². The van der Waals surface area contributed by atoms with E-state index in [9.17, 15) is 5.11 Å². The Morgan fingerprint density at radius 1 is 1.26 bits per heavy atom. The van der Waals surface area contributed by atoms with Gasteiger partial charge in [0.25, 0.3) is 0 Å². The molecule has 1 saturated heterocycles. The zero-order chi connectivity index (χ0) is 13.8. The van der Waals surface area contributed by atoms with Crippen LogP contribution < -0.4 is 0 Å². The van der Waals surface area contributed by atoms with Gasteiger partial charge in [0.05, 0.1) is 6.10 Å². The van der Waals surface area contributed by atoms with Crippen molar-refractivity contribution in [2.45, 2.75) is 38.5 Å². The Balaban J connectivity index is 2.11. The lowest BCUT2D eigenvalue weighted by Gasteiger charge is -2.44. The molecule has 0 radical (unpaired) electrons. The van der Waals surface area contributed by atoms with Crippen LogP contribution in [0.15, 0.2) is 30.3 Å². The summed E-state index contributed by atoms with van der Waals surface area (Å²) in [6, 6.07) is 10.8. The molecule has 2 rings (SSSR count). The largest absolute Gasteiger partial charge is 0.387 e. The van der Waals surface area contributed by atoms with E-state index in [0.717, 1.165) is 31.6 Å². The zero-order valence-corrected chi connectivity index (χ0v) is 12.3. The van der Waals surface area contributed by atoms with Gasteiger partial charge < -0.3 is 10.0 Å². The van der Waals surface area contributed by atoms with Crippen LogP contribution in [0.25, 0.3) is 0 Å². The predicted octanol–water partition coefficient (Wildman–Crippen LogP) is 2.13. The summed E-state index contributed by atoms with van der Waals surface area (Å²) in [5.41, 5.74) is 1.03. The smallest absolute Gasteiger partial charge is 0.0945 e. The molecule has 3 nitrogen and oxygen atoms in total. The van der Waals surface area contributed by atoms with Crippen molar-refractivity contribution in [2.24, 2.45) is 0 Å². The third-order valence-electron chi connectivity index (χ3n) is 4.23. The van der Waals surface area contributed by atoms with Crippen LogP contribution in [0.4, 0.5) is 0 Å². The number of hydrogen-bond donors (Lipinski definition) is 1. The molecule has 0 spiro atoms. The van der Waals surface area contributed by atoms with Gasteiger partial charge in [0, 0.05) is 31.7 Å². The summed E-state index contributed by atoms with van der Waals surface area (Å²) in [6.45, 7) is 7.64. The number of likely N-dealkylation sites (N-methyl/N-ethyl adjacent to an activating group) is 1. The van der Waals surface area contributed by atoms with Crippen molar-refractivity contribution in [3.05, 3.63) is 35.9 Å². The molecule has 0 amide bonds. The average Bonchev–Trinajstić information content (AvgIpc) is 2.42. The first-order valence-electron chi connectivity index (χ1n) is 7.30. The van der Waals surface area contributed by atoms with Gasteiger partial charge in [0.2, 0.25) is 0 Å². The Hall–Kier alpha value is -0.900. The maximum Gasteiger partial charge on any atom is 0.0945 e. The lowest BCUT2D eigenvalue weighted by atomic mass is 9.96. The van der Waals surface area contributed by atoms with Crippen molar-refractivity contribution < 1.29 is 5.11 Å². The first-order chi connectivity index (χ1) is 9.13. The van der Waals surface area contributed by atoms with E-state index in [1.807, 2.05) is 30.3 Å². The Morgan fingerprint density at radius 2 is 1.95 bits per heavy atom. The highest BCUT2D eigenvalue weighted by atomic mass is 16.3. The van der Waals surface area contributed by atoms with E-state index < -0.39 is 6.10 Å². The molecule has 1 aromatic carbocycles. The van der Waals surface area contributed by atoms with Gasteiger partial charge in [-0.2, -0.15) is 0 Å². The second kappa shape index (κ2) is 6.51. The molecule has 1 fully saturated rings. The molecule has 1 N–H and O–H groups in total. The summed E-state index contributed by atoms with van der Waals surface area (Å²) in [5.74, 6) is 0. The van der Waals surface area contributed by atoms with Gasteiger partial charge in [0.15, 0.2) is 0 Å². The van der Waals surface area contributed by atoms with Gasteiger partial charge >= 0.3 is 0 Å². The second-order valence-electron chi connectivity index (χ2n) is 5.68. The molecule has 1 heterocycles. The fraction of sp³-hybridized carbons (Fsp3) is 0.625. The molecule has 0 bridgehead atoms. The van der Waals surface area contributed by atoms with Crippen LogP contribution in [0.1, 0.15) is 31.9 Å². The SMILES string of the molecule is CCC(C(O)c1ccccc1)N1CCN(C)CC1C. The lowest BCUT2D eigenvalue weighted by Crippen LogP contribution is -2.55. The minimum Gasteiger partial charge on any atom is -0.387 e. The fourth-order valence-corrected chi connectivity index (χ4v) is 3.16. The second-order valence-corrected chi connectivity index (χ2v) is 5.68. The Bertz CT molecular complexity index is 382. The third-order valence-corrected chi connectivity index (χ3v) is 4.23. The van der Waals surface area contributed by atoms with E-state index in [2.05, 4.69) is 30.7 Å². The van der Waals surface area contributed by atoms with Gasteiger partial charge in [-0.05, 0) is 26.0 Å². The van der Waals surface area contributed by atoms with Gasteiger partial charge in [-0.15, -0.1) is 0 Å². The van der Waals surface area contributed by atoms with Crippen molar-refractivity contribution in [2.75, 3.05) is 26.7 Å². The quantitative estimate of drug-likeness (QED) is 0.900. The van der Waals surface area contributed by atoms with Gasteiger partial charge in [0.1, 0.15) is 0 Å². The zero-order valence-electron chi connectivity index (χ0n) is 12.3. The van der Waals surface area contributed by atoms with Crippen LogP contribution in [0.5, 0.6) is 0 Å². The number of hydrogen-bond acceptors (Lipinski definition) is 3. The number of rotatable bonds is 4. The van der Waals surface area contributed by atoms with E-state index in [1.165, 1.54) is 0 Å². The molecule has 1 aromatic rings. The predicted molar refractivity (Wildman–Crippen MR) is 79.1 cm³/mol. The highest BCUT2D eigenvalue weighted by Gasteiger charge is 2.31. The first-order valence-corrected chi connectivity index (χ1v) is 7.30. The van der Waals surface area contributed by atoms with Crippen molar-refractivity contribution in [1.82, 2.24) is 9.80 Å². The van der Waals surface area contributed by atoms with Crippen LogP contribution >= 0.6 is 0 Å². The van der Waals surface area contributed by atoms with E-state index in [0.29, 0.717) is 6.04 Å². The van der Waals surface area contributed by atoms with E-state index in [1.54, 1.807) is 0 Å². The lowest BCUT2D eigenvalue weighted by molar-refractivity contribution is -0.00776. The van der Waals surface area contributed by atoms with E-state index in [4.69, 9.17) is 0 Å². The molecular weight excluding hydrogens is 236 g/mol. The molecule has 3 unspecified atom stereocenters. The normalized spacial score (nSPS) is 25.2. The summed E-state index contributed by atoms with van der Waals surface area (Å²) in [4.78, 5) is 4.83. The molecule has 3 atom stereocenters. The topological polar surface area (TPSA) is 26.7 Å². The summed E-state index contributed by atoms with van der Waals surface area (Å²) in [5, 5.41) is 10.7. The summed E-state index contributed by atoms with van der Waals surface area (Å²) < 4.78 is 0. The van der Waals surface area contributed by atoms with Crippen LogP contribution in [0.2, 0.25) is 0 Å². The van der Waals surface area contributed by atoms with Crippen molar-refractivity contribution in [3.63, 3.8) is 0 Å². The number of nitrogens with zero attached hydrogens (tertiary/aromatic N) is 2. The third kappa shape index (κ3) is 3.35. The fourth-order valence-electron chi connectivity index (χ4n) is 3.16. The molecule has 3 heteroatoms. The van der Waals surface area contributed by atoms with E-state index in [-0.39, 0.29) is 6.04 Å². The van der Waals surface area contributed by atoms with Crippen LogP contribution in [0.3, 0.4) is 0 Å². The summed E-state index contributed by atoms with van der Waals surface area (Å²) in [6.07, 6.45) is 0.585. The van der Waals surface area contributed by atoms with Gasteiger partial charge in [-0.1, -0.05) is 37.3 Å². The number of piperazine rings is 1. The number of aliphatic hydroxyl groups is 1. The Kier molecular flexibility index (Phi) is 4.97. The minimum atomic E-state index is -0.392. The molecular formula is C16H26N2O. The maximum atomic E-state index is 10.7. The standard InChI is InChI=1S/C16H26N2O/c1-4-15(16(19)14-8-6-5-7-9-14)18-11-10-17(3)12-13(18)2/h5-9,13,15-16,19H,4,10-12H2,1-3H3. The molecule has 1 aliphatic heterocycles. The minimum absolute atomic E-state index is 0.214. The van der Waals surface area contributed by atoms with Crippen LogP contribution in [-0.4, -0.2) is 53.7 Å². The maximum absolute atomic E-state index is 10.7. The highest BCUT2D eigenvalue weighted by Crippen LogP contribution is 2.26. The summed E-state index contributed by atoms with van der Waals surface area (Å²) >= 11 is 0. The Labute approximate surface area is 116 Å². The average molecular weight is 262 g/mol. The van der Waals surface area contributed by atoms with Crippen molar-refractivity contribution >= 4 is 0 Å². The van der Waals surface area contributed by atoms with Crippen LogP contribution in [0, 0.1) is 0 Å². The molecule has 0 aliphatic carbocycles. The molecule has 0 saturated carbocycles. The first kappa shape index (κ1) is 14.5. The molecule has 0 aromatic heterocycles. The number of aliphatic hydroxyl groups excluding tert-OH is 1. The highest BCUT2D eigenvalue weighted by molar-refractivity contribution is 5.19. The number of benzene rings is 1. The monoisotopic (exact) mass is 262 g/mol.